The zero-order chi connectivity index (χ0) is 21.8. The molecular weight excluding hydrogens is 414 g/mol. The van der Waals surface area contributed by atoms with Crippen molar-refractivity contribution < 1.29 is 22.7 Å². The molecule has 7 heteroatoms. The Hall–Kier alpha value is -3.32. The summed E-state index contributed by atoms with van der Waals surface area (Å²) in [5.41, 5.74) is 1.51. The highest BCUT2D eigenvalue weighted by Gasteiger charge is 2.40. The summed E-state index contributed by atoms with van der Waals surface area (Å²) in [7, 11) is -1.97. The SMILES string of the molecule is COc1ccc(S(=O)(=O)C2CN(C(=O)c3cccc(OCc4ccccc4)c3)C2)cc1. The van der Waals surface area contributed by atoms with E-state index in [2.05, 4.69) is 0 Å². The summed E-state index contributed by atoms with van der Waals surface area (Å²) in [4.78, 5) is 14.6. The van der Waals surface area contributed by atoms with E-state index >= 15 is 0 Å². The predicted molar refractivity (Wildman–Crippen MR) is 117 cm³/mol. The maximum Gasteiger partial charge on any atom is 0.254 e. The molecule has 3 aromatic carbocycles. The molecule has 4 rings (SSSR count). The third-order valence-electron chi connectivity index (χ3n) is 5.29. The Morgan fingerprint density at radius 2 is 1.65 bits per heavy atom. The van der Waals surface area contributed by atoms with Crippen LogP contribution in [0.1, 0.15) is 15.9 Å². The first-order chi connectivity index (χ1) is 15.0. The Labute approximate surface area is 182 Å². The van der Waals surface area contributed by atoms with Crippen LogP contribution < -0.4 is 9.47 Å². The summed E-state index contributed by atoms with van der Waals surface area (Å²) in [5.74, 6) is 0.989. The first-order valence-corrected chi connectivity index (χ1v) is 11.5. The van der Waals surface area contributed by atoms with Gasteiger partial charge in [-0.1, -0.05) is 36.4 Å². The number of methoxy groups -OCH3 is 1. The lowest BCUT2D eigenvalue weighted by molar-refractivity contribution is 0.0658. The molecule has 160 valence electrons. The number of nitrogens with zero attached hydrogens (tertiary/aromatic N) is 1. The first-order valence-electron chi connectivity index (χ1n) is 9.91. The van der Waals surface area contributed by atoms with Gasteiger partial charge in [-0.15, -0.1) is 0 Å². The average molecular weight is 438 g/mol. The summed E-state index contributed by atoms with van der Waals surface area (Å²) in [6.45, 7) is 0.745. The highest BCUT2D eigenvalue weighted by molar-refractivity contribution is 7.92. The molecule has 0 radical (unpaired) electrons. The number of carbonyl (C=O) groups excluding carboxylic acids is 1. The van der Waals surface area contributed by atoms with Crippen LogP contribution in [0.5, 0.6) is 11.5 Å². The Morgan fingerprint density at radius 3 is 2.32 bits per heavy atom. The fraction of sp³-hybridized carbons (Fsp3) is 0.208. The molecule has 1 aliphatic heterocycles. The second-order valence-electron chi connectivity index (χ2n) is 7.35. The molecule has 1 fully saturated rings. The molecule has 31 heavy (non-hydrogen) atoms. The molecule has 0 unspecified atom stereocenters. The monoisotopic (exact) mass is 437 g/mol. The fourth-order valence-electron chi connectivity index (χ4n) is 3.40. The molecule has 1 saturated heterocycles. The van der Waals surface area contributed by atoms with E-state index in [1.807, 2.05) is 30.3 Å². The normalized spacial score (nSPS) is 14.0. The third kappa shape index (κ3) is 4.56. The van der Waals surface area contributed by atoms with E-state index in [9.17, 15) is 13.2 Å². The number of carbonyl (C=O) groups is 1. The molecule has 0 bridgehead atoms. The number of sulfone groups is 1. The standard InChI is InChI=1S/C24H23NO5S/c1-29-20-10-12-22(13-11-20)31(27,28)23-15-25(16-23)24(26)19-8-5-9-21(14-19)30-17-18-6-3-2-4-7-18/h2-14,23H,15-17H2,1H3. The van der Waals surface area contributed by atoms with Gasteiger partial charge in [-0.2, -0.15) is 0 Å². The molecule has 0 N–H and O–H groups in total. The summed E-state index contributed by atoms with van der Waals surface area (Å²) >= 11 is 0. The van der Waals surface area contributed by atoms with Gasteiger partial charge in [0.15, 0.2) is 9.84 Å². The van der Waals surface area contributed by atoms with Crippen molar-refractivity contribution in [2.45, 2.75) is 16.8 Å². The van der Waals surface area contributed by atoms with Gasteiger partial charge in [-0.05, 0) is 48.0 Å². The Bertz CT molecular complexity index is 1150. The molecule has 3 aromatic rings. The van der Waals surface area contributed by atoms with Crippen molar-refractivity contribution in [1.29, 1.82) is 0 Å². The highest BCUT2D eigenvalue weighted by atomic mass is 32.2. The number of hydrogen-bond acceptors (Lipinski definition) is 5. The molecule has 0 saturated carbocycles. The number of ether oxygens (including phenoxy) is 2. The molecule has 0 spiro atoms. The summed E-state index contributed by atoms with van der Waals surface area (Å²) in [6.07, 6.45) is 0. The molecule has 0 atom stereocenters. The molecular formula is C24H23NO5S. The van der Waals surface area contributed by atoms with Crippen LogP contribution in [0, 0.1) is 0 Å². The molecule has 1 amide bonds. The van der Waals surface area contributed by atoms with Crippen molar-refractivity contribution in [2.75, 3.05) is 20.2 Å². The summed E-state index contributed by atoms with van der Waals surface area (Å²) in [6, 6.07) is 23.0. The minimum absolute atomic E-state index is 0.169. The van der Waals surface area contributed by atoms with E-state index < -0.39 is 15.1 Å². The van der Waals surface area contributed by atoms with Crippen molar-refractivity contribution in [3.05, 3.63) is 90.0 Å². The fourth-order valence-corrected chi connectivity index (χ4v) is 5.05. The summed E-state index contributed by atoms with van der Waals surface area (Å²) in [5, 5.41) is -0.609. The zero-order valence-corrected chi connectivity index (χ0v) is 17.9. The van der Waals surface area contributed by atoms with E-state index in [0.717, 1.165) is 5.56 Å². The largest absolute Gasteiger partial charge is 0.497 e. The van der Waals surface area contributed by atoms with Crippen LogP contribution in [0.4, 0.5) is 0 Å². The van der Waals surface area contributed by atoms with Crippen LogP contribution in [0.3, 0.4) is 0 Å². The van der Waals surface area contributed by atoms with E-state index in [4.69, 9.17) is 9.47 Å². The summed E-state index contributed by atoms with van der Waals surface area (Å²) < 4.78 is 36.5. The molecule has 1 heterocycles. The van der Waals surface area contributed by atoms with Crippen molar-refractivity contribution in [1.82, 2.24) is 4.90 Å². The van der Waals surface area contributed by atoms with E-state index in [-0.39, 0.29) is 23.9 Å². The topological polar surface area (TPSA) is 72.9 Å². The van der Waals surface area contributed by atoms with E-state index in [1.165, 1.54) is 19.2 Å². The van der Waals surface area contributed by atoms with Gasteiger partial charge in [0.1, 0.15) is 23.4 Å². The Kier molecular flexibility index (Phi) is 5.95. The van der Waals surface area contributed by atoms with Gasteiger partial charge in [-0.3, -0.25) is 4.79 Å². The molecule has 6 nitrogen and oxygen atoms in total. The lowest BCUT2D eigenvalue weighted by Crippen LogP contribution is -2.56. The van der Waals surface area contributed by atoms with Gasteiger partial charge < -0.3 is 14.4 Å². The van der Waals surface area contributed by atoms with Gasteiger partial charge in [0.2, 0.25) is 0 Å². The van der Waals surface area contributed by atoms with Gasteiger partial charge >= 0.3 is 0 Å². The van der Waals surface area contributed by atoms with E-state index in [1.54, 1.807) is 41.3 Å². The molecule has 0 aromatic heterocycles. The zero-order valence-electron chi connectivity index (χ0n) is 17.1. The third-order valence-corrected chi connectivity index (χ3v) is 7.40. The van der Waals surface area contributed by atoms with Gasteiger partial charge in [0.05, 0.1) is 12.0 Å². The Balaban J connectivity index is 1.38. The number of likely N-dealkylation sites (tertiary alicyclic amines) is 1. The first kappa shape index (κ1) is 20.9. The average Bonchev–Trinajstić information content (AvgIpc) is 2.77. The smallest absolute Gasteiger partial charge is 0.254 e. The van der Waals surface area contributed by atoms with Crippen LogP contribution in [0.25, 0.3) is 0 Å². The number of benzene rings is 3. The van der Waals surface area contributed by atoms with Crippen LogP contribution >= 0.6 is 0 Å². The van der Waals surface area contributed by atoms with Crippen molar-refractivity contribution in [3.63, 3.8) is 0 Å². The van der Waals surface area contributed by atoms with Crippen molar-refractivity contribution in [2.24, 2.45) is 0 Å². The van der Waals surface area contributed by atoms with E-state index in [0.29, 0.717) is 23.7 Å². The maximum absolute atomic E-state index is 12.8. The quantitative estimate of drug-likeness (QED) is 0.565. The second kappa shape index (κ2) is 8.81. The van der Waals surface area contributed by atoms with Crippen LogP contribution in [0.15, 0.2) is 83.8 Å². The van der Waals surface area contributed by atoms with Crippen LogP contribution in [-0.2, 0) is 16.4 Å². The lowest BCUT2D eigenvalue weighted by Gasteiger charge is -2.38. The highest BCUT2D eigenvalue weighted by Crippen LogP contribution is 2.27. The van der Waals surface area contributed by atoms with Crippen LogP contribution in [0.2, 0.25) is 0 Å². The van der Waals surface area contributed by atoms with Gasteiger partial charge in [0.25, 0.3) is 5.91 Å². The number of amides is 1. The lowest BCUT2D eigenvalue weighted by atomic mass is 10.1. The molecule has 1 aliphatic rings. The number of rotatable bonds is 7. The minimum Gasteiger partial charge on any atom is -0.497 e. The Morgan fingerprint density at radius 1 is 0.935 bits per heavy atom. The maximum atomic E-state index is 12.8. The predicted octanol–water partition coefficient (Wildman–Crippen LogP) is 3.57. The van der Waals surface area contributed by atoms with Gasteiger partial charge in [0, 0.05) is 18.7 Å². The number of hydrogen-bond donors (Lipinski definition) is 0. The second-order valence-corrected chi connectivity index (χ2v) is 9.58. The van der Waals surface area contributed by atoms with Crippen molar-refractivity contribution in [3.8, 4) is 11.5 Å². The van der Waals surface area contributed by atoms with Gasteiger partial charge in [-0.25, -0.2) is 8.42 Å². The van der Waals surface area contributed by atoms with Crippen molar-refractivity contribution >= 4 is 15.7 Å². The van der Waals surface area contributed by atoms with Crippen LogP contribution in [-0.4, -0.2) is 44.7 Å². The minimum atomic E-state index is -3.50. The molecule has 0 aliphatic carbocycles.